The summed E-state index contributed by atoms with van der Waals surface area (Å²) in [6, 6.07) is 6.95. The van der Waals surface area contributed by atoms with Gasteiger partial charge in [0.05, 0.1) is 17.6 Å². The van der Waals surface area contributed by atoms with Crippen LogP contribution in [0.1, 0.15) is 12.5 Å². The van der Waals surface area contributed by atoms with E-state index in [1.54, 1.807) is 31.2 Å². The van der Waals surface area contributed by atoms with E-state index in [0.29, 0.717) is 23.1 Å². The molecule has 0 radical (unpaired) electrons. The zero-order valence-corrected chi connectivity index (χ0v) is 9.88. The maximum absolute atomic E-state index is 12.0. The van der Waals surface area contributed by atoms with Crippen molar-refractivity contribution >= 4 is 23.0 Å². The van der Waals surface area contributed by atoms with Crippen LogP contribution in [-0.2, 0) is 9.53 Å². The Morgan fingerprint density at radius 2 is 2.17 bits per heavy atom. The standard InChI is InChI=1S/C14H12O4/c1-2-17-13(15)8-7-10-9-18-12-6-4-3-5-11(12)14(10)16/h3-9H,2H2,1H3/b8-7-. The first-order chi connectivity index (χ1) is 8.72. The van der Waals surface area contributed by atoms with E-state index in [0.717, 1.165) is 0 Å². The van der Waals surface area contributed by atoms with E-state index in [-0.39, 0.29) is 5.43 Å². The summed E-state index contributed by atoms with van der Waals surface area (Å²) in [5.41, 5.74) is 0.676. The quantitative estimate of drug-likeness (QED) is 0.614. The molecule has 1 aromatic carbocycles. The number of hydrogen-bond acceptors (Lipinski definition) is 4. The highest BCUT2D eigenvalue weighted by Gasteiger charge is 2.04. The Morgan fingerprint density at radius 1 is 1.39 bits per heavy atom. The summed E-state index contributed by atoms with van der Waals surface area (Å²) in [7, 11) is 0. The van der Waals surface area contributed by atoms with Crippen molar-refractivity contribution in [1.29, 1.82) is 0 Å². The van der Waals surface area contributed by atoms with Gasteiger partial charge in [-0.15, -0.1) is 0 Å². The fraction of sp³-hybridized carbons (Fsp3) is 0.143. The SMILES string of the molecule is CCOC(=O)/C=C\c1coc2ccccc2c1=O. The van der Waals surface area contributed by atoms with Gasteiger partial charge in [0.25, 0.3) is 0 Å². The molecule has 0 aliphatic rings. The van der Waals surface area contributed by atoms with Crippen molar-refractivity contribution in [3.8, 4) is 0 Å². The molecule has 0 amide bonds. The van der Waals surface area contributed by atoms with Gasteiger partial charge in [-0.05, 0) is 25.1 Å². The van der Waals surface area contributed by atoms with Gasteiger partial charge in [0.1, 0.15) is 11.8 Å². The van der Waals surface area contributed by atoms with Crippen molar-refractivity contribution in [3.05, 3.63) is 52.4 Å². The van der Waals surface area contributed by atoms with Crippen molar-refractivity contribution in [2.75, 3.05) is 6.61 Å². The Bertz CT molecular complexity index is 652. The summed E-state index contributed by atoms with van der Waals surface area (Å²) in [6.07, 6.45) is 3.95. The first kappa shape index (κ1) is 12.1. The number of carbonyl (C=O) groups excluding carboxylic acids is 1. The molecule has 0 unspecified atom stereocenters. The number of fused-ring (bicyclic) bond motifs is 1. The van der Waals surface area contributed by atoms with Crippen LogP contribution < -0.4 is 5.43 Å². The van der Waals surface area contributed by atoms with E-state index < -0.39 is 5.97 Å². The Morgan fingerprint density at radius 3 is 2.94 bits per heavy atom. The predicted molar refractivity (Wildman–Crippen MR) is 68.2 cm³/mol. The van der Waals surface area contributed by atoms with Crippen molar-refractivity contribution in [1.82, 2.24) is 0 Å². The second kappa shape index (κ2) is 5.31. The topological polar surface area (TPSA) is 56.5 Å². The highest BCUT2D eigenvalue weighted by atomic mass is 16.5. The molecular weight excluding hydrogens is 232 g/mol. The van der Waals surface area contributed by atoms with E-state index in [1.165, 1.54) is 18.4 Å². The van der Waals surface area contributed by atoms with Gasteiger partial charge in [-0.3, -0.25) is 4.79 Å². The fourth-order valence-corrected chi connectivity index (χ4v) is 1.56. The summed E-state index contributed by atoms with van der Waals surface area (Å²) in [5, 5.41) is 0.489. The van der Waals surface area contributed by atoms with Gasteiger partial charge in [0.15, 0.2) is 5.43 Å². The summed E-state index contributed by atoms with van der Waals surface area (Å²) in [5.74, 6) is -0.481. The van der Waals surface area contributed by atoms with Crippen LogP contribution in [0.5, 0.6) is 0 Å². The molecule has 0 saturated heterocycles. The summed E-state index contributed by atoms with van der Waals surface area (Å²) in [6.45, 7) is 2.02. The maximum Gasteiger partial charge on any atom is 0.330 e. The molecule has 1 heterocycles. The third-order valence-electron chi connectivity index (χ3n) is 2.39. The van der Waals surface area contributed by atoms with Gasteiger partial charge < -0.3 is 9.15 Å². The molecule has 0 bridgehead atoms. The normalized spacial score (nSPS) is 10.9. The molecule has 92 valence electrons. The van der Waals surface area contributed by atoms with E-state index in [4.69, 9.17) is 9.15 Å². The van der Waals surface area contributed by atoms with Crippen LogP contribution in [0.15, 0.2) is 45.8 Å². The number of benzene rings is 1. The number of carbonyl (C=O) groups is 1. The van der Waals surface area contributed by atoms with Gasteiger partial charge >= 0.3 is 5.97 Å². The van der Waals surface area contributed by atoms with Crippen LogP contribution in [0.2, 0.25) is 0 Å². The molecule has 0 atom stereocenters. The molecule has 0 N–H and O–H groups in total. The summed E-state index contributed by atoms with van der Waals surface area (Å²) < 4.78 is 10.0. The molecule has 0 aliphatic carbocycles. The zero-order chi connectivity index (χ0) is 13.0. The van der Waals surface area contributed by atoms with E-state index >= 15 is 0 Å². The van der Waals surface area contributed by atoms with Crippen LogP contribution in [0, 0.1) is 0 Å². The molecule has 2 rings (SSSR count). The van der Waals surface area contributed by atoms with Gasteiger partial charge in [0.2, 0.25) is 0 Å². The Kier molecular flexibility index (Phi) is 3.57. The highest BCUT2D eigenvalue weighted by molar-refractivity contribution is 5.88. The summed E-state index contributed by atoms with van der Waals surface area (Å²) >= 11 is 0. The number of para-hydroxylation sites is 1. The fourth-order valence-electron chi connectivity index (χ4n) is 1.56. The van der Waals surface area contributed by atoms with Crippen molar-refractivity contribution in [2.24, 2.45) is 0 Å². The largest absolute Gasteiger partial charge is 0.463 e. The van der Waals surface area contributed by atoms with Crippen LogP contribution in [0.3, 0.4) is 0 Å². The van der Waals surface area contributed by atoms with Gasteiger partial charge in [0, 0.05) is 6.08 Å². The molecular formula is C14H12O4. The monoisotopic (exact) mass is 244 g/mol. The van der Waals surface area contributed by atoms with Crippen LogP contribution in [-0.4, -0.2) is 12.6 Å². The Balaban J connectivity index is 2.38. The van der Waals surface area contributed by atoms with E-state index in [9.17, 15) is 9.59 Å². The molecule has 0 saturated carbocycles. The lowest BCUT2D eigenvalue weighted by Gasteiger charge is -1.98. The van der Waals surface area contributed by atoms with E-state index in [2.05, 4.69) is 0 Å². The second-order valence-electron chi connectivity index (χ2n) is 3.60. The molecule has 0 aliphatic heterocycles. The lowest BCUT2D eigenvalue weighted by molar-refractivity contribution is -0.137. The van der Waals surface area contributed by atoms with Crippen LogP contribution in [0.25, 0.3) is 17.0 Å². The highest BCUT2D eigenvalue weighted by Crippen LogP contribution is 2.11. The molecule has 0 spiro atoms. The minimum atomic E-state index is -0.481. The third kappa shape index (κ3) is 2.48. The lowest BCUT2D eigenvalue weighted by Crippen LogP contribution is -2.05. The van der Waals surface area contributed by atoms with Crippen molar-refractivity contribution in [3.63, 3.8) is 0 Å². The molecule has 1 aromatic heterocycles. The van der Waals surface area contributed by atoms with E-state index in [1.807, 2.05) is 0 Å². The lowest BCUT2D eigenvalue weighted by atomic mass is 10.1. The van der Waals surface area contributed by atoms with Gasteiger partial charge in [-0.25, -0.2) is 4.79 Å². The second-order valence-corrected chi connectivity index (χ2v) is 3.60. The molecule has 4 heteroatoms. The number of ether oxygens (including phenoxy) is 1. The average molecular weight is 244 g/mol. The van der Waals surface area contributed by atoms with Crippen molar-refractivity contribution < 1.29 is 13.9 Å². The first-order valence-corrected chi connectivity index (χ1v) is 5.57. The van der Waals surface area contributed by atoms with Crippen LogP contribution >= 0.6 is 0 Å². The molecule has 18 heavy (non-hydrogen) atoms. The Labute approximate surface area is 103 Å². The first-order valence-electron chi connectivity index (χ1n) is 5.57. The van der Waals surface area contributed by atoms with Gasteiger partial charge in [-0.2, -0.15) is 0 Å². The minimum absolute atomic E-state index is 0.169. The predicted octanol–water partition coefficient (Wildman–Crippen LogP) is 2.37. The third-order valence-corrected chi connectivity index (χ3v) is 2.39. The number of esters is 1. The maximum atomic E-state index is 12.0. The zero-order valence-electron chi connectivity index (χ0n) is 9.88. The number of hydrogen-bond donors (Lipinski definition) is 0. The summed E-state index contributed by atoms with van der Waals surface area (Å²) in [4.78, 5) is 23.2. The Hall–Kier alpha value is -2.36. The minimum Gasteiger partial charge on any atom is -0.463 e. The van der Waals surface area contributed by atoms with Crippen LogP contribution in [0.4, 0.5) is 0 Å². The smallest absolute Gasteiger partial charge is 0.330 e. The van der Waals surface area contributed by atoms with Crippen molar-refractivity contribution in [2.45, 2.75) is 6.92 Å². The number of rotatable bonds is 3. The van der Waals surface area contributed by atoms with Gasteiger partial charge in [-0.1, -0.05) is 12.1 Å². The molecule has 0 fully saturated rings. The average Bonchev–Trinajstić information content (AvgIpc) is 2.39. The molecule has 4 nitrogen and oxygen atoms in total. The molecule has 2 aromatic rings.